The molecule has 1 aliphatic carbocycles. The molecule has 0 spiro atoms. The molecule has 0 amide bonds. The molecule has 2 rings (SSSR count). The molecule has 2 heteroatoms. The molecule has 0 unspecified atom stereocenters. The van der Waals surface area contributed by atoms with Crippen molar-refractivity contribution in [1.82, 2.24) is 0 Å². The van der Waals surface area contributed by atoms with Crippen LogP contribution in [0.3, 0.4) is 0 Å². The highest BCUT2D eigenvalue weighted by atomic mass is 16.3. The Hall–Kier alpha value is -1.15. The quantitative estimate of drug-likeness (QED) is 0.811. The summed E-state index contributed by atoms with van der Waals surface area (Å²) in [6.07, 6.45) is 5.61. The van der Waals surface area contributed by atoms with E-state index in [1.54, 1.807) is 0 Å². The summed E-state index contributed by atoms with van der Waals surface area (Å²) in [7, 11) is 0. The number of benzene rings is 1. The van der Waals surface area contributed by atoms with Crippen LogP contribution in [-0.4, -0.2) is 10.9 Å². The number of rotatable bonds is 3. The first-order valence-electron chi connectivity index (χ1n) is 6.52. The summed E-state index contributed by atoms with van der Waals surface area (Å²) in [5.74, 6) is 0.159. The van der Waals surface area contributed by atoms with E-state index < -0.39 is 5.60 Å². The maximum atomic E-state index is 11.5. The fourth-order valence-electron chi connectivity index (χ4n) is 2.60. The Kier molecular flexibility index (Phi) is 3.63. The summed E-state index contributed by atoms with van der Waals surface area (Å²) in [6, 6.07) is 7.50. The number of hydrogen-bond acceptors (Lipinski definition) is 2. The fraction of sp³-hybridized carbons (Fsp3) is 0.533. The van der Waals surface area contributed by atoms with Crippen LogP contribution in [0, 0.1) is 0 Å². The highest BCUT2D eigenvalue weighted by Crippen LogP contribution is 2.36. The van der Waals surface area contributed by atoms with Crippen molar-refractivity contribution < 1.29 is 9.90 Å². The van der Waals surface area contributed by atoms with Crippen LogP contribution in [0.1, 0.15) is 61.4 Å². The molecule has 0 aromatic heterocycles. The summed E-state index contributed by atoms with van der Waals surface area (Å²) in [5, 5.41) is 10.5. The van der Waals surface area contributed by atoms with Gasteiger partial charge >= 0.3 is 0 Å². The molecule has 1 fully saturated rings. The van der Waals surface area contributed by atoms with Crippen LogP contribution in [0.2, 0.25) is 0 Å². The van der Waals surface area contributed by atoms with Crippen molar-refractivity contribution in [1.29, 1.82) is 0 Å². The van der Waals surface area contributed by atoms with Crippen LogP contribution in [0.25, 0.3) is 0 Å². The van der Waals surface area contributed by atoms with Crippen molar-refractivity contribution in [2.24, 2.45) is 0 Å². The molecule has 92 valence electrons. The lowest BCUT2D eigenvalue weighted by Gasteiger charge is -2.32. The molecule has 0 atom stereocenters. The van der Waals surface area contributed by atoms with Gasteiger partial charge in [-0.25, -0.2) is 0 Å². The Morgan fingerprint density at radius 2 is 1.76 bits per heavy atom. The van der Waals surface area contributed by atoms with E-state index in [-0.39, 0.29) is 5.78 Å². The van der Waals surface area contributed by atoms with E-state index in [9.17, 15) is 9.90 Å². The van der Waals surface area contributed by atoms with Crippen LogP contribution in [0.5, 0.6) is 0 Å². The van der Waals surface area contributed by atoms with Crippen LogP contribution < -0.4 is 0 Å². The van der Waals surface area contributed by atoms with Gasteiger partial charge < -0.3 is 5.11 Å². The maximum Gasteiger partial charge on any atom is 0.162 e. The van der Waals surface area contributed by atoms with Gasteiger partial charge in [0.2, 0.25) is 0 Å². The van der Waals surface area contributed by atoms with Crippen LogP contribution in [-0.2, 0) is 5.60 Å². The van der Waals surface area contributed by atoms with E-state index in [4.69, 9.17) is 0 Å². The molecular weight excluding hydrogens is 212 g/mol. The van der Waals surface area contributed by atoms with Crippen molar-refractivity contribution in [3.05, 3.63) is 35.4 Å². The van der Waals surface area contributed by atoms with Gasteiger partial charge in [-0.1, -0.05) is 50.5 Å². The second-order valence-electron chi connectivity index (χ2n) is 4.95. The summed E-state index contributed by atoms with van der Waals surface area (Å²) in [4.78, 5) is 11.5. The van der Waals surface area contributed by atoms with E-state index in [1.807, 2.05) is 31.2 Å². The molecule has 1 aliphatic rings. The third kappa shape index (κ3) is 2.58. The summed E-state index contributed by atoms with van der Waals surface area (Å²) in [6.45, 7) is 1.87. The lowest BCUT2D eigenvalue weighted by atomic mass is 9.79. The van der Waals surface area contributed by atoms with Crippen LogP contribution >= 0.6 is 0 Å². The number of hydrogen-bond donors (Lipinski definition) is 1. The van der Waals surface area contributed by atoms with Crippen LogP contribution in [0.15, 0.2) is 24.3 Å². The Morgan fingerprint density at radius 3 is 2.29 bits per heavy atom. The third-order valence-corrected chi connectivity index (χ3v) is 3.75. The average molecular weight is 232 g/mol. The van der Waals surface area contributed by atoms with Crippen molar-refractivity contribution >= 4 is 5.78 Å². The van der Waals surface area contributed by atoms with Crippen molar-refractivity contribution in [2.75, 3.05) is 0 Å². The molecule has 0 radical (unpaired) electrons. The molecular formula is C15H20O2. The van der Waals surface area contributed by atoms with Crippen molar-refractivity contribution in [2.45, 2.75) is 51.0 Å². The number of ketones is 1. The van der Waals surface area contributed by atoms with Gasteiger partial charge in [0.15, 0.2) is 5.78 Å². The first kappa shape index (κ1) is 12.3. The second-order valence-corrected chi connectivity index (χ2v) is 4.95. The summed E-state index contributed by atoms with van der Waals surface area (Å²) in [5.41, 5.74) is 1.05. The number of Topliss-reactive ketones (excluding diaryl/α,β-unsaturated/α-hetero) is 1. The van der Waals surface area contributed by atoms with Gasteiger partial charge in [0.1, 0.15) is 0 Å². The maximum absolute atomic E-state index is 11.5. The summed E-state index contributed by atoms with van der Waals surface area (Å²) < 4.78 is 0. The van der Waals surface area contributed by atoms with E-state index >= 15 is 0 Å². The Balaban J connectivity index is 2.19. The molecule has 0 aliphatic heterocycles. The molecule has 17 heavy (non-hydrogen) atoms. The largest absolute Gasteiger partial charge is 0.385 e. The fourth-order valence-corrected chi connectivity index (χ4v) is 2.60. The van der Waals surface area contributed by atoms with E-state index in [1.165, 1.54) is 6.42 Å². The SMILES string of the molecule is CCC(=O)c1ccc(C2(O)CCCCC2)cc1. The third-order valence-electron chi connectivity index (χ3n) is 3.75. The van der Waals surface area contributed by atoms with Gasteiger partial charge in [-0.2, -0.15) is 0 Å². The first-order chi connectivity index (χ1) is 8.15. The van der Waals surface area contributed by atoms with Crippen molar-refractivity contribution in [3.63, 3.8) is 0 Å². The van der Waals surface area contributed by atoms with Gasteiger partial charge in [-0.05, 0) is 18.4 Å². The first-order valence-corrected chi connectivity index (χ1v) is 6.52. The predicted molar refractivity (Wildman–Crippen MR) is 68.0 cm³/mol. The summed E-state index contributed by atoms with van der Waals surface area (Å²) >= 11 is 0. The van der Waals surface area contributed by atoms with Gasteiger partial charge in [-0.3, -0.25) is 4.79 Å². The second kappa shape index (κ2) is 5.01. The molecule has 1 aromatic carbocycles. The van der Waals surface area contributed by atoms with Gasteiger partial charge in [0, 0.05) is 12.0 Å². The van der Waals surface area contributed by atoms with Crippen molar-refractivity contribution in [3.8, 4) is 0 Å². The molecule has 1 N–H and O–H groups in total. The zero-order chi connectivity index (χ0) is 12.3. The highest BCUT2D eigenvalue weighted by molar-refractivity contribution is 5.95. The average Bonchev–Trinajstić information content (AvgIpc) is 2.39. The van der Waals surface area contributed by atoms with Gasteiger partial charge in [0.25, 0.3) is 0 Å². The lowest BCUT2D eigenvalue weighted by molar-refractivity contribution is -0.000646. The van der Waals surface area contributed by atoms with Crippen LogP contribution in [0.4, 0.5) is 0 Å². The van der Waals surface area contributed by atoms with E-state index in [0.717, 1.165) is 36.8 Å². The number of carbonyl (C=O) groups excluding carboxylic acids is 1. The zero-order valence-electron chi connectivity index (χ0n) is 10.4. The molecule has 0 bridgehead atoms. The van der Waals surface area contributed by atoms with E-state index in [2.05, 4.69) is 0 Å². The standard InChI is InChI=1S/C15H20O2/c1-2-14(16)12-6-8-13(9-7-12)15(17)10-4-3-5-11-15/h6-9,17H,2-5,10-11H2,1H3. The molecule has 0 heterocycles. The topological polar surface area (TPSA) is 37.3 Å². The molecule has 1 aromatic rings. The predicted octanol–water partition coefficient (Wildman–Crippen LogP) is 3.43. The Bertz CT molecular complexity index is 386. The minimum Gasteiger partial charge on any atom is -0.385 e. The minimum atomic E-state index is -0.661. The van der Waals surface area contributed by atoms with Gasteiger partial charge in [0.05, 0.1) is 5.60 Å². The van der Waals surface area contributed by atoms with E-state index in [0.29, 0.717) is 6.42 Å². The van der Waals surface area contributed by atoms with Gasteiger partial charge in [-0.15, -0.1) is 0 Å². The molecule has 2 nitrogen and oxygen atoms in total. The smallest absolute Gasteiger partial charge is 0.162 e. The monoisotopic (exact) mass is 232 g/mol. The Labute approximate surface area is 103 Å². The molecule has 1 saturated carbocycles. The zero-order valence-corrected chi connectivity index (χ0v) is 10.4. The highest BCUT2D eigenvalue weighted by Gasteiger charge is 2.30. The molecule has 0 saturated heterocycles. The normalized spacial score (nSPS) is 18.9. The Morgan fingerprint density at radius 1 is 1.18 bits per heavy atom. The minimum absolute atomic E-state index is 0.159. The number of carbonyl (C=O) groups is 1. The number of aliphatic hydroxyl groups is 1. The lowest BCUT2D eigenvalue weighted by Crippen LogP contribution is -2.28.